The highest BCUT2D eigenvalue weighted by Crippen LogP contribution is 2.15. The third-order valence-electron chi connectivity index (χ3n) is 7.46. The molecule has 0 spiro atoms. The Morgan fingerprint density at radius 3 is 1.63 bits per heavy atom. The van der Waals surface area contributed by atoms with Gasteiger partial charge in [0, 0.05) is 54.4 Å². The number of benzene rings is 2. The van der Waals surface area contributed by atoms with Gasteiger partial charge >= 0.3 is 0 Å². The molecule has 1 N–H and O–H groups in total. The van der Waals surface area contributed by atoms with E-state index in [4.69, 9.17) is 11.6 Å². The topological polar surface area (TPSA) is 128 Å². The number of hydrogen-bond donors (Lipinski definition) is 1. The van der Waals surface area contributed by atoms with E-state index in [1.54, 1.807) is 34.4 Å². The molecule has 0 saturated heterocycles. The first kappa shape index (κ1) is 39.7. The van der Waals surface area contributed by atoms with Gasteiger partial charge in [-0.15, -0.1) is 0 Å². The monoisotopic (exact) mass is 836 g/mol. The molecule has 4 aromatic heterocycles. The number of aryl methyl sites for hydroxylation is 4. The Hall–Kier alpha value is -4.11. The molecule has 0 saturated carbocycles. The largest absolute Gasteiger partial charge is 0.333 e. The van der Waals surface area contributed by atoms with Crippen molar-refractivity contribution in [3.8, 4) is 0 Å². The van der Waals surface area contributed by atoms with Crippen LogP contribution in [0.4, 0.5) is 5.95 Å². The van der Waals surface area contributed by atoms with Gasteiger partial charge in [-0.1, -0.05) is 70.0 Å². The third kappa shape index (κ3) is 14.6. The number of rotatable bonds is 13. The molecule has 0 atom stereocenters. The van der Waals surface area contributed by atoms with Gasteiger partial charge in [0.05, 0.1) is 13.1 Å². The van der Waals surface area contributed by atoms with E-state index >= 15 is 0 Å². The number of nitrogens with one attached hydrogen (secondary N) is 1. The highest BCUT2D eigenvalue weighted by molar-refractivity contribution is 9.10. The Morgan fingerprint density at radius 2 is 1.14 bits per heavy atom. The lowest BCUT2D eigenvalue weighted by Crippen LogP contribution is -2.28. The van der Waals surface area contributed by atoms with Gasteiger partial charge in [0.2, 0.25) is 11.2 Å². The Labute approximate surface area is 321 Å². The van der Waals surface area contributed by atoms with Crippen molar-refractivity contribution in [2.24, 2.45) is 14.1 Å². The van der Waals surface area contributed by atoms with E-state index in [2.05, 4.69) is 138 Å². The van der Waals surface area contributed by atoms with Crippen molar-refractivity contribution in [2.45, 2.75) is 52.6 Å². The lowest BCUT2D eigenvalue weighted by molar-refractivity contribution is 0.647. The molecule has 51 heavy (non-hydrogen) atoms. The van der Waals surface area contributed by atoms with Crippen molar-refractivity contribution in [2.75, 3.05) is 18.0 Å². The van der Waals surface area contributed by atoms with Crippen molar-refractivity contribution < 1.29 is 0 Å². The molecule has 15 heteroatoms. The van der Waals surface area contributed by atoms with E-state index in [-0.39, 0.29) is 0 Å². The zero-order chi connectivity index (χ0) is 36.4. The molecule has 0 bridgehead atoms. The summed E-state index contributed by atoms with van der Waals surface area (Å²) in [5, 5.41) is 12.2. The Morgan fingerprint density at radius 1 is 0.647 bits per heavy atom. The van der Waals surface area contributed by atoms with Crippen molar-refractivity contribution in [3.63, 3.8) is 0 Å². The molecule has 6 rings (SSSR count). The average Bonchev–Trinajstić information content (AvgIpc) is 3.77. The first-order chi connectivity index (χ1) is 24.7. The van der Waals surface area contributed by atoms with Crippen LogP contribution in [-0.2, 0) is 52.9 Å². The average molecular weight is 839 g/mol. The number of aromatic nitrogens is 10. The summed E-state index contributed by atoms with van der Waals surface area (Å²) in [5.74, 6) is 2.31. The summed E-state index contributed by atoms with van der Waals surface area (Å²) in [7, 11) is 3.74. The molecule has 0 aliphatic heterocycles. The molecule has 2 aromatic carbocycles. The smallest absolute Gasteiger partial charge is 0.225 e. The summed E-state index contributed by atoms with van der Waals surface area (Å²) >= 11 is 12.3. The van der Waals surface area contributed by atoms with E-state index in [1.807, 2.05) is 33.4 Å². The lowest BCUT2D eigenvalue weighted by Gasteiger charge is -2.21. The SMILES string of the molecule is CCc1cnc(Cl)nc1.CCc1cnc(N(CCc2ccc(Br)cc2)Cc2ncn(C)n2)nc1.Cn1cnc(CNCCc2ccc(Br)cc2)n1. The quantitative estimate of drug-likeness (QED) is 0.0983. The van der Waals surface area contributed by atoms with Crippen molar-refractivity contribution in [1.82, 2.24) is 54.8 Å². The van der Waals surface area contributed by atoms with E-state index in [0.717, 1.165) is 77.0 Å². The van der Waals surface area contributed by atoms with Crippen LogP contribution in [0.2, 0.25) is 5.28 Å². The molecule has 4 heterocycles. The van der Waals surface area contributed by atoms with Crippen LogP contribution in [-0.4, -0.2) is 62.6 Å². The molecule has 0 aliphatic carbocycles. The van der Waals surface area contributed by atoms with Crippen LogP contribution < -0.4 is 10.2 Å². The van der Waals surface area contributed by atoms with Crippen LogP contribution in [0.5, 0.6) is 0 Å². The van der Waals surface area contributed by atoms with E-state index in [1.165, 1.54) is 11.1 Å². The van der Waals surface area contributed by atoms with Crippen LogP contribution in [0.15, 0.2) is 94.9 Å². The van der Waals surface area contributed by atoms with Crippen LogP contribution in [0, 0.1) is 0 Å². The normalized spacial score (nSPS) is 10.6. The lowest BCUT2D eigenvalue weighted by atomic mass is 10.1. The van der Waals surface area contributed by atoms with Gasteiger partial charge in [-0.3, -0.25) is 9.36 Å². The Kier molecular flexibility index (Phi) is 16.6. The predicted octanol–water partition coefficient (Wildman–Crippen LogP) is 6.78. The highest BCUT2D eigenvalue weighted by Gasteiger charge is 2.13. The maximum absolute atomic E-state index is 5.45. The minimum Gasteiger partial charge on any atom is -0.333 e. The molecular formula is C36H43Br2ClN12. The van der Waals surface area contributed by atoms with Gasteiger partial charge < -0.3 is 10.2 Å². The summed E-state index contributed by atoms with van der Waals surface area (Å²) < 4.78 is 5.63. The first-order valence-electron chi connectivity index (χ1n) is 16.6. The van der Waals surface area contributed by atoms with Gasteiger partial charge in [0.25, 0.3) is 0 Å². The molecular weight excluding hydrogens is 796 g/mol. The molecule has 12 nitrogen and oxygen atoms in total. The van der Waals surface area contributed by atoms with Gasteiger partial charge in [-0.2, -0.15) is 10.2 Å². The van der Waals surface area contributed by atoms with Gasteiger partial charge in [0.15, 0.2) is 11.6 Å². The summed E-state index contributed by atoms with van der Waals surface area (Å²) in [6, 6.07) is 16.8. The van der Waals surface area contributed by atoms with Crippen LogP contribution in [0.25, 0.3) is 0 Å². The summed E-state index contributed by atoms with van der Waals surface area (Å²) in [6.07, 6.45) is 14.5. The first-order valence-corrected chi connectivity index (χ1v) is 18.6. The summed E-state index contributed by atoms with van der Waals surface area (Å²) in [5.41, 5.74) is 4.84. The fourth-order valence-electron chi connectivity index (χ4n) is 4.56. The van der Waals surface area contributed by atoms with E-state index in [0.29, 0.717) is 17.8 Å². The zero-order valence-electron chi connectivity index (χ0n) is 29.3. The summed E-state index contributed by atoms with van der Waals surface area (Å²) in [6.45, 7) is 7.18. The maximum atomic E-state index is 5.45. The molecule has 0 amide bonds. The van der Waals surface area contributed by atoms with Gasteiger partial charge in [0.1, 0.15) is 12.7 Å². The molecule has 0 fully saturated rings. The molecule has 6 aromatic rings. The number of nitrogens with zero attached hydrogens (tertiary/aromatic N) is 11. The minimum absolute atomic E-state index is 0.312. The van der Waals surface area contributed by atoms with Gasteiger partial charge in [-0.25, -0.2) is 29.9 Å². The molecule has 0 radical (unpaired) electrons. The van der Waals surface area contributed by atoms with E-state index in [9.17, 15) is 0 Å². The fourth-order valence-corrected chi connectivity index (χ4v) is 5.18. The number of anilines is 1. The minimum atomic E-state index is 0.312. The standard InChI is InChI=1S/C18H21BrN6.C12H15BrN4.C6H7ClN2/c1-3-14-10-20-18(21-11-14)25(12-17-22-13-24(2)23-17)9-8-15-4-6-16(19)7-5-15;1-17-9-15-12(16-17)8-14-7-6-10-2-4-11(13)5-3-10;1-2-5-3-8-6(7)9-4-5/h4-7,10-11,13H,3,8-9,12H2,1-2H3;2-5,9,14H,6-8H2,1H3;3-4H,2H2,1H3. The fraction of sp³-hybridized carbons (Fsp3) is 0.333. The third-order valence-corrected chi connectivity index (χ3v) is 8.71. The van der Waals surface area contributed by atoms with Crippen LogP contribution in [0.1, 0.15) is 47.8 Å². The second kappa shape index (κ2) is 21.3. The molecule has 268 valence electrons. The Balaban J connectivity index is 0.000000192. The highest BCUT2D eigenvalue weighted by atomic mass is 79.9. The Bertz CT molecular complexity index is 1850. The summed E-state index contributed by atoms with van der Waals surface area (Å²) in [4.78, 5) is 27.3. The van der Waals surface area contributed by atoms with Crippen molar-refractivity contribution >= 4 is 49.4 Å². The van der Waals surface area contributed by atoms with E-state index < -0.39 is 0 Å². The second-order valence-electron chi connectivity index (χ2n) is 11.5. The molecule has 0 aliphatic rings. The number of hydrogen-bond acceptors (Lipinski definition) is 10. The van der Waals surface area contributed by atoms with Crippen LogP contribution >= 0.6 is 43.5 Å². The van der Waals surface area contributed by atoms with Crippen molar-refractivity contribution in [3.05, 3.63) is 134 Å². The molecule has 0 unspecified atom stereocenters. The maximum Gasteiger partial charge on any atom is 0.225 e. The zero-order valence-corrected chi connectivity index (χ0v) is 33.2. The van der Waals surface area contributed by atoms with Crippen LogP contribution in [0.3, 0.4) is 0 Å². The predicted molar refractivity (Wildman–Crippen MR) is 208 cm³/mol. The van der Waals surface area contributed by atoms with Crippen molar-refractivity contribution in [1.29, 1.82) is 0 Å². The second-order valence-corrected chi connectivity index (χ2v) is 13.6. The van der Waals surface area contributed by atoms with Gasteiger partial charge in [-0.05, 0) is 90.3 Å². The number of halogens is 3.